The number of rotatable bonds is 27. The van der Waals surface area contributed by atoms with Crippen LogP contribution in [0.15, 0.2) is 29.3 Å². The number of hydrogen-bond acceptors (Lipinski definition) is 13. The van der Waals surface area contributed by atoms with Gasteiger partial charge in [-0.25, -0.2) is 4.57 Å². The average Bonchev–Trinajstić information content (AvgIpc) is 3.10. The van der Waals surface area contributed by atoms with Crippen molar-refractivity contribution in [3.8, 4) is 5.75 Å². The standard InChI is InChI=1S/C33H55N10O13PS/c1-17(2)11-23(42-31(51)24(39-18(3)45)12-19-6-8-21(9-7-19)56-57(53,54)55)30(50)41-22(5-4-10-37-33(35)36)29(49)43-26(16-58)32(52)40-20(13-27(46)47)14-38-25(15-44)28(34)48/h6-9,17,20,22-26,38,44,58H,4-5,10-16H2,1-3H3,(H2,34,48)(H,39,45)(H,40,52)(H,41,50)(H,42,51)(H,43,49)(H,46,47)(H4,35,36,37)(H2,53,54,55)/t20-,22-,23-,24-,25-,26+/m0/s1. The van der Waals surface area contributed by atoms with Gasteiger partial charge in [0.15, 0.2) is 5.96 Å². The number of nitrogens with zero attached hydrogens (tertiary/aromatic N) is 1. The second-order valence-corrected chi connectivity index (χ2v) is 15.0. The summed E-state index contributed by atoms with van der Waals surface area (Å²) >= 11 is 4.15. The Kier molecular flexibility index (Phi) is 22.3. The zero-order valence-electron chi connectivity index (χ0n) is 32.3. The molecule has 0 heterocycles. The number of primary amides is 1. The van der Waals surface area contributed by atoms with Crippen molar-refractivity contribution >= 4 is 67.8 Å². The smallest absolute Gasteiger partial charge is 0.481 e. The summed E-state index contributed by atoms with van der Waals surface area (Å²) in [6, 6.07) is -2.14. The van der Waals surface area contributed by atoms with E-state index in [-0.39, 0.29) is 62.2 Å². The van der Waals surface area contributed by atoms with Gasteiger partial charge in [0.25, 0.3) is 0 Å². The highest BCUT2D eigenvalue weighted by Crippen LogP contribution is 2.37. The molecule has 0 fully saturated rings. The fraction of sp³-hybridized carbons (Fsp3) is 0.576. The van der Waals surface area contributed by atoms with Gasteiger partial charge in [-0.1, -0.05) is 26.0 Å². The number of benzene rings is 1. The number of aliphatic carboxylic acids is 1. The highest BCUT2D eigenvalue weighted by atomic mass is 32.1. The number of aliphatic imine (C=N–C) groups is 1. The lowest BCUT2D eigenvalue weighted by Gasteiger charge is -2.27. The molecule has 1 aromatic rings. The summed E-state index contributed by atoms with van der Waals surface area (Å²) < 4.78 is 15.7. The first-order valence-electron chi connectivity index (χ1n) is 17.9. The summed E-state index contributed by atoms with van der Waals surface area (Å²) in [6.45, 7) is 3.80. The molecule has 25 heteroatoms. The second kappa shape index (κ2) is 25.4. The van der Waals surface area contributed by atoms with E-state index in [4.69, 9.17) is 27.0 Å². The largest absolute Gasteiger partial charge is 0.524 e. The molecule has 0 radical (unpaired) electrons. The van der Waals surface area contributed by atoms with Crippen molar-refractivity contribution in [1.82, 2.24) is 31.9 Å². The number of phosphoric acid groups is 1. The van der Waals surface area contributed by atoms with Crippen LogP contribution in [-0.2, 0) is 44.5 Å². The molecule has 0 aromatic heterocycles. The lowest BCUT2D eigenvalue weighted by Crippen LogP contribution is -2.59. The first-order valence-corrected chi connectivity index (χ1v) is 20.1. The molecule has 0 saturated heterocycles. The Bertz CT molecular complexity index is 1640. The number of aliphatic hydroxyl groups excluding tert-OH is 1. The fourth-order valence-corrected chi connectivity index (χ4v) is 5.88. The van der Waals surface area contributed by atoms with Gasteiger partial charge in [-0.3, -0.25) is 48.3 Å². The third kappa shape index (κ3) is 21.0. The third-order valence-corrected chi connectivity index (χ3v) is 8.73. The zero-order chi connectivity index (χ0) is 44.2. The molecule has 23 nitrogen and oxygen atoms in total. The maximum absolute atomic E-state index is 13.8. The number of carboxylic acids is 1. The van der Waals surface area contributed by atoms with Crippen molar-refractivity contribution in [2.45, 2.75) is 89.1 Å². The number of hydrogen-bond donors (Lipinski definition) is 14. The molecule has 16 N–H and O–H groups in total. The number of carbonyl (C=O) groups is 7. The summed E-state index contributed by atoms with van der Waals surface area (Å²) in [7, 11) is -4.82. The Morgan fingerprint density at radius 3 is 1.88 bits per heavy atom. The highest BCUT2D eigenvalue weighted by molar-refractivity contribution is 7.80. The number of carboxylic acid groups (broad SMARTS) is 1. The van der Waals surface area contributed by atoms with Gasteiger partial charge in [-0.15, -0.1) is 0 Å². The van der Waals surface area contributed by atoms with E-state index in [0.717, 1.165) is 0 Å². The van der Waals surface area contributed by atoms with Gasteiger partial charge >= 0.3 is 13.8 Å². The molecule has 0 aliphatic heterocycles. The van der Waals surface area contributed by atoms with Crippen LogP contribution in [0.5, 0.6) is 5.75 Å². The molecule has 1 aromatic carbocycles. The molecule has 1 rings (SSSR count). The quantitative estimate of drug-likeness (QED) is 0.0132. The van der Waals surface area contributed by atoms with Gasteiger partial charge in [0.1, 0.15) is 36.0 Å². The normalized spacial score (nSPS) is 14.3. The van der Waals surface area contributed by atoms with E-state index >= 15 is 0 Å². The minimum atomic E-state index is -4.82. The molecule has 0 spiro atoms. The molecule has 0 saturated carbocycles. The number of phosphoric ester groups is 1. The Morgan fingerprint density at radius 2 is 1.38 bits per heavy atom. The molecule has 0 aliphatic rings. The predicted octanol–water partition coefficient (Wildman–Crippen LogP) is -3.92. The average molecular weight is 863 g/mol. The number of carbonyl (C=O) groups excluding carboxylic acids is 6. The van der Waals surface area contributed by atoms with Crippen LogP contribution in [0, 0.1) is 5.92 Å². The van der Waals surface area contributed by atoms with Crippen LogP contribution in [0.2, 0.25) is 0 Å². The number of thiol groups is 1. The van der Waals surface area contributed by atoms with Crippen molar-refractivity contribution in [1.29, 1.82) is 0 Å². The maximum atomic E-state index is 13.8. The molecule has 0 unspecified atom stereocenters. The Morgan fingerprint density at radius 1 is 0.828 bits per heavy atom. The second-order valence-electron chi connectivity index (χ2n) is 13.5. The highest BCUT2D eigenvalue weighted by Gasteiger charge is 2.32. The van der Waals surface area contributed by atoms with Gasteiger partial charge in [0, 0.05) is 32.2 Å². The monoisotopic (exact) mass is 862 g/mol. The molecule has 6 amide bonds. The molecular weight excluding hydrogens is 807 g/mol. The SMILES string of the molecule is CC(=O)N[C@@H](Cc1ccc(OP(=O)(O)O)cc1)C(=O)N[C@@H](CC(C)C)C(=O)N[C@@H](CCCN=C(N)N)C(=O)N[C@H](CS)C(=O)N[C@H](CN[C@@H](CO)C(N)=O)CC(=O)O. The number of nitrogens with two attached hydrogens (primary N) is 3. The van der Waals surface area contributed by atoms with E-state index in [1.807, 2.05) is 0 Å². The third-order valence-electron chi connectivity index (χ3n) is 7.92. The van der Waals surface area contributed by atoms with Crippen molar-refractivity contribution in [2.24, 2.45) is 28.1 Å². The predicted molar refractivity (Wildman–Crippen MR) is 212 cm³/mol. The molecule has 0 aliphatic carbocycles. The van der Waals surface area contributed by atoms with Gasteiger partial charge in [0.05, 0.1) is 19.1 Å². The van der Waals surface area contributed by atoms with Crippen molar-refractivity contribution < 1.29 is 62.7 Å². The number of nitrogens with one attached hydrogen (secondary N) is 6. The van der Waals surface area contributed by atoms with Crippen LogP contribution in [0.3, 0.4) is 0 Å². The summed E-state index contributed by atoms with van der Waals surface area (Å²) in [5.41, 5.74) is 16.5. The van der Waals surface area contributed by atoms with Gasteiger partial charge in [0.2, 0.25) is 35.4 Å². The van der Waals surface area contributed by atoms with Crippen LogP contribution in [0.1, 0.15) is 52.0 Å². The van der Waals surface area contributed by atoms with E-state index in [2.05, 4.69) is 54.0 Å². The van der Waals surface area contributed by atoms with Crippen molar-refractivity contribution in [2.75, 3.05) is 25.4 Å². The summed E-state index contributed by atoms with van der Waals surface area (Å²) in [5, 5.41) is 33.9. The first kappa shape index (κ1) is 51.0. The number of amides is 6. The van der Waals surface area contributed by atoms with Gasteiger partial charge in [-0.05, 0) is 42.9 Å². The molecule has 58 heavy (non-hydrogen) atoms. The van der Waals surface area contributed by atoms with E-state index in [0.29, 0.717) is 5.56 Å². The Labute approximate surface area is 340 Å². The Hall–Kier alpha value is -5.00. The van der Waals surface area contributed by atoms with Crippen LogP contribution in [0.4, 0.5) is 0 Å². The summed E-state index contributed by atoms with van der Waals surface area (Å²) in [5.74, 6) is -6.89. The zero-order valence-corrected chi connectivity index (χ0v) is 34.0. The van der Waals surface area contributed by atoms with Crippen LogP contribution < -0.4 is 53.6 Å². The number of guanidine groups is 1. The van der Waals surface area contributed by atoms with E-state index in [9.17, 15) is 48.3 Å². The molecule has 326 valence electrons. The van der Waals surface area contributed by atoms with E-state index < -0.39 is 98.5 Å². The van der Waals surface area contributed by atoms with Gasteiger partial charge < -0.3 is 63.8 Å². The Balaban J connectivity index is 3.28. The maximum Gasteiger partial charge on any atom is 0.524 e. The molecular formula is C33H55N10O13PS. The molecule has 6 atom stereocenters. The van der Waals surface area contributed by atoms with Crippen LogP contribution in [0.25, 0.3) is 0 Å². The van der Waals surface area contributed by atoms with Crippen LogP contribution in [-0.4, -0.2) is 129 Å². The first-order chi connectivity index (χ1) is 27.0. The topological polar surface area (TPSA) is 389 Å². The van der Waals surface area contributed by atoms with Crippen LogP contribution >= 0.6 is 20.5 Å². The minimum Gasteiger partial charge on any atom is -0.481 e. The van der Waals surface area contributed by atoms with Gasteiger partial charge in [-0.2, -0.15) is 12.6 Å². The summed E-state index contributed by atoms with van der Waals surface area (Å²) in [4.78, 5) is 111. The van der Waals surface area contributed by atoms with Crippen molar-refractivity contribution in [3.63, 3.8) is 0 Å². The minimum absolute atomic E-state index is 0.0550. The van der Waals surface area contributed by atoms with Crippen molar-refractivity contribution in [3.05, 3.63) is 29.8 Å². The summed E-state index contributed by atoms with van der Waals surface area (Å²) in [6.07, 6.45) is -0.532. The lowest BCUT2D eigenvalue weighted by atomic mass is 10.00. The number of aliphatic hydroxyl groups is 1. The lowest BCUT2D eigenvalue weighted by molar-refractivity contribution is -0.138. The van der Waals surface area contributed by atoms with E-state index in [1.54, 1.807) is 13.8 Å². The van der Waals surface area contributed by atoms with E-state index in [1.165, 1.54) is 31.2 Å². The molecule has 0 bridgehead atoms. The fourth-order valence-electron chi connectivity index (χ4n) is 5.23.